The van der Waals surface area contributed by atoms with E-state index in [4.69, 9.17) is 11.6 Å². The highest BCUT2D eigenvalue weighted by atomic mass is 35.5. The molecule has 1 amide bonds. The minimum atomic E-state index is -0.0544. The quantitative estimate of drug-likeness (QED) is 0.525. The molecule has 0 unspecified atom stereocenters. The molecule has 1 aromatic heterocycles. The summed E-state index contributed by atoms with van der Waals surface area (Å²) in [6, 6.07) is 17.8. The topological polar surface area (TPSA) is 61.4 Å². The SMILES string of the molecule is Cc1ccc(NC(=O)CSc2ccc(N3CCN(c4cccc(Cl)c4)CC3)nn2)cc1C. The second-order valence-electron chi connectivity index (χ2n) is 7.82. The third-order valence-electron chi connectivity index (χ3n) is 5.54. The number of nitrogens with one attached hydrogen (secondary N) is 1. The first kappa shape index (κ1) is 22.4. The summed E-state index contributed by atoms with van der Waals surface area (Å²) in [5, 5.41) is 13.1. The van der Waals surface area contributed by atoms with E-state index >= 15 is 0 Å². The Morgan fingerprint density at radius 1 is 0.969 bits per heavy atom. The molecule has 1 fully saturated rings. The molecule has 0 saturated carbocycles. The van der Waals surface area contributed by atoms with Gasteiger partial charge in [0.1, 0.15) is 5.03 Å². The number of benzene rings is 2. The largest absolute Gasteiger partial charge is 0.368 e. The molecule has 0 atom stereocenters. The second kappa shape index (κ2) is 10.2. The number of rotatable bonds is 6. The first-order valence-corrected chi connectivity index (χ1v) is 11.9. The Morgan fingerprint density at radius 3 is 2.44 bits per heavy atom. The summed E-state index contributed by atoms with van der Waals surface area (Å²) in [5.41, 5.74) is 4.33. The molecule has 6 nitrogen and oxygen atoms in total. The summed E-state index contributed by atoms with van der Waals surface area (Å²) in [7, 11) is 0. The van der Waals surface area contributed by atoms with Gasteiger partial charge in [0.2, 0.25) is 5.91 Å². The van der Waals surface area contributed by atoms with Crippen LogP contribution in [0.4, 0.5) is 17.2 Å². The number of anilines is 3. The third-order valence-corrected chi connectivity index (χ3v) is 6.70. The van der Waals surface area contributed by atoms with Crippen molar-refractivity contribution in [2.75, 3.05) is 47.0 Å². The van der Waals surface area contributed by atoms with E-state index < -0.39 is 0 Å². The van der Waals surface area contributed by atoms with Crippen molar-refractivity contribution in [1.29, 1.82) is 0 Å². The molecule has 1 aliphatic heterocycles. The molecule has 0 bridgehead atoms. The molecule has 166 valence electrons. The highest BCUT2D eigenvalue weighted by Gasteiger charge is 2.19. The van der Waals surface area contributed by atoms with Crippen molar-refractivity contribution in [3.05, 3.63) is 70.7 Å². The lowest BCUT2D eigenvalue weighted by atomic mass is 10.1. The number of carbonyl (C=O) groups excluding carboxylic acids is 1. The standard InChI is InChI=1S/C24H26ClN5OS/c1-17-6-7-20(14-18(17)2)26-23(31)16-32-24-9-8-22(27-28-24)30-12-10-29(11-13-30)21-5-3-4-19(25)15-21/h3-9,14-15H,10-13,16H2,1-2H3,(H,26,31). The zero-order valence-corrected chi connectivity index (χ0v) is 19.8. The molecule has 8 heteroatoms. The zero-order chi connectivity index (χ0) is 22.5. The van der Waals surface area contributed by atoms with Gasteiger partial charge in [-0.1, -0.05) is 35.5 Å². The van der Waals surface area contributed by atoms with Crippen LogP contribution >= 0.6 is 23.4 Å². The predicted octanol–water partition coefficient (Wildman–Crippen LogP) is 4.80. The molecule has 0 spiro atoms. The third kappa shape index (κ3) is 5.72. The van der Waals surface area contributed by atoms with Crippen molar-refractivity contribution in [2.24, 2.45) is 0 Å². The average Bonchev–Trinajstić information content (AvgIpc) is 2.81. The normalized spacial score (nSPS) is 13.8. The maximum atomic E-state index is 12.3. The van der Waals surface area contributed by atoms with Crippen molar-refractivity contribution in [3.8, 4) is 0 Å². The van der Waals surface area contributed by atoms with E-state index in [0.717, 1.165) is 59.0 Å². The number of nitrogens with zero attached hydrogens (tertiary/aromatic N) is 4. The fraction of sp³-hybridized carbons (Fsp3) is 0.292. The van der Waals surface area contributed by atoms with Crippen LogP contribution in [0.5, 0.6) is 0 Å². The maximum absolute atomic E-state index is 12.3. The van der Waals surface area contributed by atoms with Gasteiger partial charge in [-0.15, -0.1) is 10.2 Å². The summed E-state index contributed by atoms with van der Waals surface area (Å²) >= 11 is 7.50. The van der Waals surface area contributed by atoms with E-state index in [2.05, 4.69) is 38.3 Å². The van der Waals surface area contributed by atoms with Gasteiger partial charge in [0.15, 0.2) is 5.82 Å². The van der Waals surface area contributed by atoms with Crippen LogP contribution in [0.2, 0.25) is 5.02 Å². The molecule has 0 aliphatic carbocycles. The fourth-order valence-corrected chi connectivity index (χ4v) is 4.38. The number of thioether (sulfide) groups is 1. The minimum Gasteiger partial charge on any atom is -0.368 e. The van der Waals surface area contributed by atoms with Crippen LogP contribution in [0.3, 0.4) is 0 Å². The van der Waals surface area contributed by atoms with Gasteiger partial charge in [0, 0.05) is 42.6 Å². The van der Waals surface area contributed by atoms with Crippen LogP contribution in [-0.4, -0.2) is 48.0 Å². The Balaban J connectivity index is 1.26. The number of halogens is 1. The van der Waals surface area contributed by atoms with Crippen molar-refractivity contribution in [2.45, 2.75) is 18.9 Å². The van der Waals surface area contributed by atoms with Gasteiger partial charge < -0.3 is 15.1 Å². The second-order valence-corrected chi connectivity index (χ2v) is 9.25. The number of aryl methyl sites for hydroxylation is 2. The molecule has 3 aromatic rings. The fourth-order valence-electron chi connectivity index (χ4n) is 3.58. The number of carbonyl (C=O) groups is 1. The number of amides is 1. The Bertz CT molecular complexity index is 1080. The van der Waals surface area contributed by atoms with Crippen molar-refractivity contribution < 1.29 is 4.79 Å². The molecule has 1 N–H and O–H groups in total. The molecular weight excluding hydrogens is 442 g/mol. The monoisotopic (exact) mass is 467 g/mol. The van der Waals surface area contributed by atoms with Gasteiger partial charge in [0.05, 0.1) is 5.75 Å². The Labute approximate surface area is 198 Å². The number of hydrogen-bond donors (Lipinski definition) is 1. The minimum absolute atomic E-state index is 0.0544. The lowest BCUT2D eigenvalue weighted by molar-refractivity contribution is -0.113. The van der Waals surface area contributed by atoms with Crippen LogP contribution < -0.4 is 15.1 Å². The van der Waals surface area contributed by atoms with Crippen molar-refractivity contribution in [3.63, 3.8) is 0 Å². The van der Waals surface area contributed by atoms with Gasteiger partial charge in [-0.25, -0.2) is 0 Å². The van der Waals surface area contributed by atoms with E-state index in [1.165, 1.54) is 17.3 Å². The van der Waals surface area contributed by atoms with Crippen LogP contribution in [0.25, 0.3) is 0 Å². The van der Waals surface area contributed by atoms with Crippen LogP contribution in [0, 0.1) is 13.8 Å². The van der Waals surface area contributed by atoms with Gasteiger partial charge in [-0.3, -0.25) is 4.79 Å². The van der Waals surface area contributed by atoms with Crippen LogP contribution in [0.15, 0.2) is 59.6 Å². The Kier molecular flexibility index (Phi) is 7.17. The summed E-state index contributed by atoms with van der Waals surface area (Å²) in [6.45, 7) is 7.62. The molecule has 2 aromatic carbocycles. The van der Waals surface area contributed by atoms with E-state index in [9.17, 15) is 4.79 Å². The van der Waals surface area contributed by atoms with Crippen molar-refractivity contribution >= 4 is 46.5 Å². The number of piperazine rings is 1. The van der Waals surface area contributed by atoms with Crippen molar-refractivity contribution in [1.82, 2.24) is 10.2 Å². The first-order valence-electron chi connectivity index (χ1n) is 10.6. The maximum Gasteiger partial charge on any atom is 0.234 e. The first-order chi connectivity index (χ1) is 15.5. The lowest BCUT2D eigenvalue weighted by Crippen LogP contribution is -2.46. The van der Waals surface area contributed by atoms with E-state index in [0.29, 0.717) is 5.75 Å². The van der Waals surface area contributed by atoms with Gasteiger partial charge >= 0.3 is 0 Å². The zero-order valence-electron chi connectivity index (χ0n) is 18.2. The van der Waals surface area contributed by atoms with Gasteiger partial charge in [-0.2, -0.15) is 0 Å². The molecule has 0 radical (unpaired) electrons. The number of aromatic nitrogens is 2. The smallest absolute Gasteiger partial charge is 0.234 e. The summed E-state index contributed by atoms with van der Waals surface area (Å²) in [5.74, 6) is 1.10. The molecule has 32 heavy (non-hydrogen) atoms. The van der Waals surface area contributed by atoms with E-state index in [1.54, 1.807) is 0 Å². The summed E-state index contributed by atoms with van der Waals surface area (Å²) in [4.78, 5) is 16.8. The summed E-state index contributed by atoms with van der Waals surface area (Å²) < 4.78 is 0. The van der Waals surface area contributed by atoms with Gasteiger partial charge in [-0.05, 0) is 67.4 Å². The van der Waals surface area contributed by atoms with Gasteiger partial charge in [0.25, 0.3) is 0 Å². The molecule has 2 heterocycles. The molecular formula is C24H26ClN5OS. The molecule has 1 aliphatic rings. The van der Waals surface area contributed by atoms with Crippen LogP contribution in [-0.2, 0) is 4.79 Å². The van der Waals surface area contributed by atoms with E-state index in [1.807, 2.05) is 55.5 Å². The Hall–Kier alpha value is -2.77. The lowest BCUT2D eigenvalue weighted by Gasteiger charge is -2.36. The predicted molar refractivity (Wildman–Crippen MR) is 133 cm³/mol. The summed E-state index contributed by atoms with van der Waals surface area (Å²) in [6.07, 6.45) is 0. The number of hydrogen-bond acceptors (Lipinski definition) is 6. The highest BCUT2D eigenvalue weighted by Crippen LogP contribution is 2.23. The Morgan fingerprint density at radius 2 is 1.75 bits per heavy atom. The molecule has 4 rings (SSSR count). The molecule has 1 saturated heterocycles. The average molecular weight is 468 g/mol. The van der Waals surface area contributed by atoms with E-state index in [-0.39, 0.29) is 5.91 Å². The highest BCUT2D eigenvalue weighted by molar-refractivity contribution is 7.99. The van der Waals surface area contributed by atoms with Crippen LogP contribution in [0.1, 0.15) is 11.1 Å².